The lowest BCUT2D eigenvalue weighted by Gasteiger charge is -2.14. The summed E-state index contributed by atoms with van der Waals surface area (Å²) in [7, 11) is 1.64. The topological polar surface area (TPSA) is 53.2 Å². The highest BCUT2D eigenvalue weighted by Gasteiger charge is 2.13. The Morgan fingerprint density at radius 3 is 2.50 bits per heavy atom. The average molecular weight is 323 g/mol. The molecule has 0 unspecified atom stereocenters. The van der Waals surface area contributed by atoms with Crippen LogP contribution in [0.1, 0.15) is 23.7 Å². The van der Waals surface area contributed by atoms with E-state index in [0.717, 1.165) is 15.7 Å². The summed E-state index contributed by atoms with van der Waals surface area (Å²) in [4.78, 5) is 24.7. The van der Waals surface area contributed by atoms with Crippen molar-refractivity contribution in [2.24, 2.45) is 7.05 Å². The maximum atomic E-state index is 12.4. The summed E-state index contributed by atoms with van der Waals surface area (Å²) in [6, 6.07) is 4.93. The van der Waals surface area contributed by atoms with Gasteiger partial charge in [-0.25, -0.2) is 9.36 Å². The molecule has 0 spiro atoms. The van der Waals surface area contributed by atoms with Crippen molar-refractivity contribution in [3.05, 3.63) is 60.9 Å². The lowest BCUT2D eigenvalue weighted by molar-refractivity contribution is 0.134. The highest BCUT2D eigenvalue weighted by atomic mass is 35.5. The van der Waals surface area contributed by atoms with Crippen LogP contribution in [0.3, 0.4) is 0 Å². The Kier molecular flexibility index (Phi) is 4.88. The van der Waals surface area contributed by atoms with Gasteiger partial charge in [-0.05, 0) is 44.0 Å². The van der Waals surface area contributed by atoms with Crippen LogP contribution in [0.15, 0.2) is 27.8 Å². The van der Waals surface area contributed by atoms with E-state index in [1.54, 1.807) is 26.1 Å². The van der Waals surface area contributed by atoms with Crippen molar-refractivity contribution in [1.82, 2.24) is 9.13 Å². The summed E-state index contributed by atoms with van der Waals surface area (Å²) in [6.07, 6.45) is 0. The van der Waals surface area contributed by atoms with Gasteiger partial charge in [0, 0.05) is 30.4 Å². The van der Waals surface area contributed by atoms with E-state index in [-0.39, 0.29) is 11.2 Å². The van der Waals surface area contributed by atoms with Crippen molar-refractivity contribution < 1.29 is 4.74 Å². The monoisotopic (exact) mass is 322 g/mol. The van der Waals surface area contributed by atoms with Gasteiger partial charge in [-0.1, -0.05) is 11.6 Å². The minimum Gasteiger partial charge on any atom is -0.377 e. The fourth-order valence-electron chi connectivity index (χ4n) is 2.23. The number of aryl methyl sites for hydroxylation is 2. The molecule has 0 amide bonds. The quantitative estimate of drug-likeness (QED) is 0.868. The largest absolute Gasteiger partial charge is 0.377 e. The van der Waals surface area contributed by atoms with E-state index >= 15 is 0 Å². The Morgan fingerprint density at radius 2 is 1.86 bits per heavy atom. The number of rotatable bonds is 4. The SMILES string of the molecule is CCOCc1cc(-n2c(=O)cc(C)n(C)c2=O)c(C)cc1Cl. The number of benzene rings is 1. The molecular formula is C16H19ClN2O3. The second-order valence-corrected chi connectivity index (χ2v) is 5.58. The Bertz CT molecular complexity index is 821. The number of hydrogen-bond donors (Lipinski definition) is 0. The molecule has 22 heavy (non-hydrogen) atoms. The fraction of sp³-hybridized carbons (Fsp3) is 0.375. The smallest absolute Gasteiger partial charge is 0.335 e. The van der Waals surface area contributed by atoms with Crippen LogP contribution in [0.25, 0.3) is 5.69 Å². The van der Waals surface area contributed by atoms with Crippen LogP contribution in [0.2, 0.25) is 5.02 Å². The first-order valence-electron chi connectivity index (χ1n) is 7.03. The van der Waals surface area contributed by atoms with Crippen LogP contribution in [0, 0.1) is 13.8 Å². The Labute approximate surface area is 133 Å². The first kappa shape index (κ1) is 16.5. The molecule has 2 aromatic rings. The van der Waals surface area contributed by atoms with Crippen LogP contribution in [0.4, 0.5) is 0 Å². The maximum Gasteiger partial charge on any atom is 0.335 e. The van der Waals surface area contributed by atoms with E-state index in [9.17, 15) is 9.59 Å². The zero-order valence-corrected chi connectivity index (χ0v) is 13.9. The molecular weight excluding hydrogens is 304 g/mol. The Morgan fingerprint density at radius 1 is 1.18 bits per heavy atom. The third kappa shape index (κ3) is 3.00. The number of nitrogens with zero attached hydrogens (tertiary/aromatic N) is 2. The van der Waals surface area contributed by atoms with E-state index in [4.69, 9.17) is 16.3 Å². The van der Waals surface area contributed by atoms with Gasteiger partial charge >= 0.3 is 5.69 Å². The number of halogens is 1. The molecule has 0 fully saturated rings. The van der Waals surface area contributed by atoms with Crippen molar-refractivity contribution >= 4 is 11.6 Å². The van der Waals surface area contributed by atoms with Crippen LogP contribution in [-0.2, 0) is 18.4 Å². The van der Waals surface area contributed by atoms with Gasteiger partial charge < -0.3 is 9.30 Å². The summed E-state index contributed by atoms with van der Waals surface area (Å²) in [5.41, 5.74) is 1.93. The second-order valence-electron chi connectivity index (χ2n) is 5.17. The van der Waals surface area contributed by atoms with Crippen molar-refractivity contribution in [3.8, 4) is 5.69 Å². The molecule has 0 saturated carbocycles. The minimum absolute atomic E-state index is 0.337. The Balaban J connectivity index is 2.71. The van der Waals surface area contributed by atoms with Gasteiger partial charge in [-0.2, -0.15) is 0 Å². The Hall–Kier alpha value is -1.85. The normalized spacial score (nSPS) is 11.0. The fourth-order valence-corrected chi connectivity index (χ4v) is 2.50. The third-order valence-electron chi connectivity index (χ3n) is 3.63. The summed E-state index contributed by atoms with van der Waals surface area (Å²) in [5, 5.41) is 0.562. The third-order valence-corrected chi connectivity index (χ3v) is 3.98. The maximum absolute atomic E-state index is 12.4. The molecule has 0 saturated heterocycles. The molecule has 0 N–H and O–H groups in total. The van der Waals surface area contributed by atoms with Gasteiger partial charge in [0.15, 0.2) is 0 Å². The van der Waals surface area contributed by atoms with Gasteiger partial charge in [0.05, 0.1) is 12.3 Å². The molecule has 0 bridgehead atoms. The zero-order valence-electron chi connectivity index (χ0n) is 13.1. The van der Waals surface area contributed by atoms with Crippen molar-refractivity contribution in [1.29, 1.82) is 0 Å². The van der Waals surface area contributed by atoms with E-state index in [0.29, 0.717) is 29.6 Å². The predicted molar refractivity (Wildman–Crippen MR) is 87.1 cm³/mol. The van der Waals surface area contributed by atoms with E-state index in [1.807, 2.05) is 13.8 Å². The van der Waals surface area contributed by atoms with Gasteiger partial charge in [-0.15, -0.1) is 0 Å². The molecule has 0 aliphatic heterocycles. The van der Waals surface area contributed by atoms with Crippen molar-refractivity contribution in [3.63, 3.8) is 0 Å². The highest BCUT2D eigenvalue weighted by Crippen LogP contribution is 2.23. The number of hydrogen-bond acceptors (Lipinski definition) is 3. The van der Waals surface area contributed by atoms with Gasteiger partial charge in [0.2, 0.25) is 0 Å². The van der Waals surface area contributed by atoms with Crippen molar-refractivity contribution in [2.45, 2.75) is 27.4 Å². The van der Waals surface area contributed by atoms with Gasteiger partial charge in [0.1, 0.15) is 0 Å². The minimum atomic E-state index is -0.377. The van der Waals surface area contributed by atoms with Gasteiger partial charge in [0.25, 0.3) is 5.56 Å². The summed E-state index contributed by atoms with van der Waals surface area (Å²) >= 11 is 6.21. The number of ether oxygens (including phenoxy) is 1. The second kappa shape index (κ2) is 6.50. The lowest BCUT2D eigenvalue weighted by Crippen LogP contribution is -2.38. The molecule has 6 heteroatoms. The van der Waals surface area contributed by atoms with Crippen LogP contribution < -0.4 is 11.2 Å². The zero-order chi connectivity index (χ0) is 16.4. The molecule has 0 radical (unpaired) electrons. The summed E-state index contributed by atoms with van der Waals surface area (Å²) in [6.45, 7) is 6.33. The molecule has 0 aliphatic carbocycles. The first-order chi connectivity index (χ1) is 10.4. The van der Waals surface area contributed by atoms with Crippen LogP contribution in [0.5, 0.6) is 0 Å². The predicted octanol–water partition coefficient (Wildman–Crippen LogP) is 2.34. The molecule has 2 rings (SSSR count). The van der Waals surface area contributed by atoms with E-state index in [1.165, 1.54) is 10.6 Å². The molecule has 0 atom stereocenters. The molecule has 1 heterocycles. The van der Waals surface area contributed by atoms with Crippen LogP contribution >= 0.6 is 11.6 Å². The van der Waals surface area contributed by atoms with Gasteiger partial charge in [-0.3, -0.25) is 4.79 Å². The summed E-state index contributed by atoms with van der Waals surface area (Å²) in [5.74, 6) is 0. The lowest BCUT2D eigenvalue weighted by atomic mass is 10.1. The molecule has 5 nitrogen and oxygen atoms in total. The number of aromatic nitrogens is 2. The van der Waals surface area contributed by atoms with E-state index < -0.39 is 0 Å². The molecule has 118 valence electrons. The van der Waals surface area contributed by atoms with E-state index in [2.05, 4.69) is 0 Å². The average Bonchev–Trinajstić information content (AvgIpc) is 2.46. The first-order valence-corrected chi connectivity index (χ1v) is 7.41. The standard InChI is InChI=1S/C16H19ClN2O3/c1-5-22-9-12-8-14(10(2)6-13(12)17)19-15(20)7-11(3)18(4)16(19)21/h6-8H,5,9H2,1-4H3. The van der Waals surface area contributed by atoms with Crippen LogP contribution in [-0.4, -0.2) is 15.7 Å². The molecule has 0 aliphatic rings. The molecule has 1 aromatic carbocycles. The summed E-state index contributed by atoms with van der Waals surface area (Å²) < 4.78 is 7.98. The van der Waals surface area contributed by atoms with Crippen molar-refractivity contribution in [2.75, 3.05) is 6.61 Å². The highest BCUT2D eigenvalue weighted by molar-refractivity contribution is 6.31. The molecule has 1 aromatic heterocycles.